The highest BCUT2D eigenvalue weighted by Crippen LogP contribution is 2.19. The maximum absolute atomic E-state index is 12.2. The number of methoxy groups -OCH3 is 1. The fourth-order valence-corrected chi connectivity index (χ4v) is 1.89. The molecule has 2 N–H and O–H groups in total. The average Bonchev–Trinajstić information content (AvgIpc) is 2.38. The largest absolute Gasteiger partial charge is 0.497 e. The molecule has 0 unspecified atom stereocenters. The fourth-order valence-electron chi connectivity index (χ4n) is 1.89. The van der Waals surface area contributed by atoms with Gasteiger partial charge in [-0.3, -0.25) is 4.79 Å². The molecule has 0 saturated heterocycles. The first-order chi connectivity index (χ1) is 8.90. The van der Waals surface area contributed by atoms with Crippen molar-refractivity contribution in [2.24, 2.45) is 0 Å². The van der Waals surface area contributed by atoms with Crippen molar-refractivity contribution in [1.82, 2.24) is 10.6 Å². The van der Waals surface area contributed by atoms with Gasteiger partial charge in [0, 0.05) is 0 Å². The van der Waals surface area contributed by atoms with Crippen molar-refractivity contribution in [1.29, 1.82) is 0 Å². The van der Waals surface area contributed by atoms with E-state index in [4.69, 9.17) is 4.74 Å². The second-order valence-electron chi connectivity index (χ2n) is 5.13. The van der Waals surface area contributed by atoms with Gasteiger partial charge in [-0.2, -0.15) is 0 Å². The molecule has 1 aromatic carbocycles. The first-order valence-electron chi connectivity index (χ1n) is 6.60. The molecule has 1 amide bonds. The number of likely N-dealkylation sites (N-methyl/N-ethyl adjacent to an activating group) is 1. The number of benzene rings is 1. The molecule has 0 radical (unpaired) electrons. The van der Waals surface area contributed by atoms with Crippen LogP contribution in [0, 0.1) is 0 Å². The summed E-state index contributed by atoms with van der Waals surface area (Å²) in [7, 11) is 1.64. The highest BCUT2D eigenvalue weighted by molar-refractivity contribution is 5.85. The number of carbonyl (C=O) groups excluding carboxylic acids is 1. The summed E-state index contributed by atoms with van der Waals surface area (Å²) in [5, 5.41) is 6.18. The predicted molar refractivity (Wildman–Crippen MR) is 77.3 cm³/mol. The lowest BCUT2D eigenvalue weighted by Gasteiger charge is -2.27. The Bertz CT molecular complexity index is 430. The second-order valence-corrected chi connectivity index (χ2v) is 5.13. The maximum atomic E-state index is 12.2. The van der Waals surface area contributed by atoms with Crippen LogP contribution in [0.25, 0.3) is 0 Å². The molecule has 0 saturated carbocycles. The summed E-state index contributed by atoms with van der Waals surface area (Å²) < 4.78 is 5.19. The Morgan fingerprint density at radius 3 is 2.68 bits per heavy atom. The van der Waals surface area contributed by atoms with Gasteiger partial charge in [0.25, 0.3) is 0 Å². The molecule has 0 fully saturated rings. The normalized spacial score (nSPS) is 12.9. The molecule has 4 nitrogen and oxygen atoms in total. The second kappa shape index (κ2) is 6.57. The highest BCUT2D eigenvalue weighted by atomic mass is 16.5. The van der Waals surface area contributed by atoms with Crippen LogP contribution >= 0.6 is 0 Å². The van der Waals surface area contributed by atoms with Crippen molar-refractivity contribution in [3.63, 3.8) is 0 Å². The molecule has 0 aromatic heterocycles. The van der Waals surface area contributed by atoms with E-state index in [9.17, 15) is 4.79 Å². The lowest BCUT2D eigenvalue weighted by Crippen LogP contribution is -2.52. The van der Waals surface area contributed by atoms with Gasteiger partial charge in [-0.15, -0.1) is 0 Å². The number of rotatable bonds is 6. The van der Waals surface area contributed by atoms with E-state index in [1.54, 1.807) is 7.11 Å². The molecule has 1 rings (SSSR count). The Morgan fingerprint density at radius 2 is 2.11 bits per heavy atom. The van der Waals surface area contributed by atoms with Gasteiger partial charge in [0.1, 0.15) is 5.75 Å². The van der Waals surface area contributed by atoms with Crippen LogP contribution < -0.4 is 15.4 Å². The van der Waals surface area contributed by atoms with E-state index in [-0.39, 0.29) is 11.9 Å². The summed E-state index contributed by atoms with van der Waals surface area (Å²) in [6.45, 7) is 8.47. The van der Waals surface area contributed by atoms with E-state index < -0.39 is 5.54 Å². The number of amides is 1. The van der Waals surface area contributed by atoms with E-state index in [0.717, 1.165) is 17.9 Å². The van der Waals surface area contributed by atoms with Gasteiger partial charge in [0.15, 0.2) is 0 Å². The third kappa shape index (κ3) is 4.24. The zero-order valence-corrected chi connectivity index (χ0v) is 12.4. The van der Waals surface area contributed by atoms with Gasteiger partial charge < -0.3 is 15.4 Å². The van der Waals surface area contributed by atoms with Gasteiger partial charge in [-0.1, -0.05) is 19.1 Å². The number of nitrogens with one attached hydrogen (secondary N) is 2. The number of hydrogen-bond donors (Lipinski definition) is 2. The molecule has 19 heavy (non-hydrogen) atoms. The Labute approximate surface area is 115 Å². The van der Waals surface area contributed by atoms with Crippen molar-refractivity contribution < 1.29 is 9.53 Å². The topological polar surface area (TPSA) is 50.4 Å². The van der Waals surface area contributed by atoms with Crippen LogP contribution in [0.2, 0.25) is 0 Å². The molecular weight excluding hydrogens is 240 g/mol. The van der Waals surface area contributed by atoms with Crippen LogP contribution in [-0.4, -0.2) is 25.1 Å². The molecule has 0 bridgehead atoms. The van der Waals surface area contributed by atoms with E-state index in [2.05, 4.69) is 10.6 Å². The molecule has 1 aromatic rings. The molecular formula is C15H24N2O2. The molecule has 0 aliphatic carbocycles. The van der Waals surface area contributed by atoms with Crippen LogP contribution in [0.3, 0.4) is 0 Å². The third-order valence-corrected chi connectivity index (χ3v) is 3.13. The molecule has 0 heterocycles. The van der Waals surface area contributed by atoms with Crippen LogP contribution in [0.5, 0.6) is 5.75 Å². The summed E-state index contributed by atoms with van der Waals surface area (Å²) in [5.74, 6) is 0.786. The first-order valence-corrected chi connectivity index (χ1v) is 6.60. The number of carbonyl (C=O) groups is 1. The monoisotopic (exact) mass is 264 g/mol. The third-order valence-electron chi connectivity index (χ3n) is 3.13. The summed E-state index contributed by atoms with van der Waals surface area (Å²) in [4.78, 5) is 12.2. The smallest absolute Gasteiger partial charge is 0.240 e. The van der Waals surface area contributed by atoms with E-state index >= 15 is 0 Å². The molecule has 4 heteroatoms. The van der Waals surface area contributed by atoms with Crippen molar-refractivity contribution >= 4 is 5.91 Å². The van der Waals surface area contributed by atoms with Crippen LogP contribution in [0.1, 0.15) is 39.3 Å². The summed E-state index contributed by atoms with van der Waals surface area (Å²) in [6, 6.07) is 7.67. The van der Waals surface area contributed by atoms with E-state index in [0.29, 0.717) is 0 Å². The Hall–Kier alpha value is -1.55. The SMILES string of the molecule is CCNC(C)(C)C(=O)N[C@H](C)c1cccc(OC)c1. The van der Waals surface area contributed by atoms with E-state index in [1.807, 2.05) is 52.0 Å². The molecule has 0 aliphatic heterocycles. The van der Waals surface area contributed by atoms with Gasteiger partial charge in [-0.05, 0) is 45.0 Å². The highest BCUT2D eigenvalue weighted by Gasteiger charge is 2.27. The summed E-state index contributed by atoms with van der Waals surface area (Å²) >= 11 is 0. The zero-order valence-electron chi connectivity index (χ0n) is 12.4. The number of hydrogen-bond acceptors (Lipinski definition) is 3. The van der Waals surface area contributed by atoms with Gasteiger partial charge in [0.2, 0.25) is 5.91 Å². The maximum Gasteiger partial charge on any atom is 0.240 e. The minimum Gasteiger partial charge on any atom is -0.497 e. The van der Waals surface area contributed by atoms with Crippen molar-refractivity contribution in [3.05, 3.63) is 29.8 Å². The molecule has 0 spiro atoms. The Balaban J connectivity index is 2.73. The molecule has 106 valence electrons. The molecule has 1 atom stereocenters. The average molecular weight is 264 g/mol. The summed E-state index contributed by atoms with van der Waals surface area (Å²) in [5.41, 5.74) is 0.460. The van der Waals surface area contributed by atoms with Crippen LogP contribution in [0.15, 0.2) is 24.3 Å². The first kappa shape index (κ1) is 15.5. The van der Waals surface area contributed by atoms with Crippen molar-refractivity contribution in [2.45, 2.75) is 39.3 Å². The van der Waals surface area contributed by atoms with Crippen molar-refractivity contribution in [3.8, 4) is 5.75 Å². The van der Waals surface area contributed by atoms with Crippen LogP contribution in [0.4, 0.5) is 0 Å². The Kier molecular flexibility index (Phi) is 5.36. The van der Waals surface area contributed by atoms with Crippen molar-refractivity contribution in [2.75, 3.05) is 13.7 Å². The predicted octanol–water partition coefficient (Wildman–Crippen LogP) is 2.26. The minimum absolute atomic E-state index is 0.00956. The Morgan fingerprint density at radius 1 is 1.42 bits per heavy atom. The summed E-state index contributed by atoms with van der Waals surface area (Å²) in [6.07, 6.45) is 0. The van der Waals surface area contributed by atoms with Crippen LogP contribution in [-0.2, 0) is 4.79 Å². The minimum atomic E-state index is -0.568. The van der Waals surface area contributed by atoms with Gasteiger partial charge in [-0.25, -0.2) is 0 Å². The van der Waals surface area contributed by atoms with Gasteiger partial charge >= 0.3 is 0 Å². The van der Waals surface area contributed by atoms with E-state index in [1.165, 1.54) is 0 Å². The molecule has 0 aliphatic rings. The van der Waals surface area contributed by atoms with Gasteiger partial charge in [0.05, 0.1) is 18.7 Å². The quantitative estimate of drug-likeness (QED) is 0.828. The lowest BCUT2D eigenvalue weighted by atomic mass is 10.0. The zero-order chi connectivity index (χ0) is 14.5. The standard InChI is InChI=1S/C15H24N2O2/c1-6-16-15(3,4)14(18)17-11(2)12-8-7-9-13(10-12)19-5/h7-11,16H,6H2,1-5H3,(H,17,18)/t11-/m1/s1. The number of ether oxygens (including phenoxy) is 1. The lowest BCUT2D eigenvalue weighted by molar-refractivity contribution is -0.127. The fraction of sp³-hybridized carbons (Fsp3) is 0.533.